The van der Waals surface area contributed by atoms with Gasteiger partial charge in [-0.1, -0.05) is 72.8 Å². The molecule has 0 aromatic heterocycles. The average Bonchev–Trinajstić information content (AvgIpc) is 2.97. The van der Waals surface area contributed by atoms with E-state index in [1.807, 2.05) is 104 Å². The maximum atomic E-state index is 15.6. The van der Waals surface area contributed by atoms with Gasteiger partial charge in [-0.3, -0.25) is 4.90 Å². The van der Waals surface area contributed by atoms with Crippen molar-refractivity contribution in [3.63, 3.8) is 0 Å². The Morgan fingerprint density at radius 2 is 1.18 bits per heavy atom. The lowest BCUT2D eigenvalue weighted by Gasteiger charge is -2.36. The predicted molar refractivity (Wildman–Crippen MR) is 153 cm³/mol. The quantitative estimate of drug-likeness (QED) is 0.226. The summed E-state index contributed by atoms with van der Waals surface area (Å²) < 4.78 is 37.9. The zero-order valence-electron chi connectivity index (χ0n) is 22.5. The van der Waals surface area contributed by atoms with Gasteiger partial charge >= 0.3 is 0 Å². The highest BCUT2D eigenvalue weighted by molar-refractivity contribution is 7.78. The van der Waals surface area contributed by atoms with Gasteiger partial charge in [0.15, 0.2) is 18.6 Å². The smallest absolute Gasteiger partial charge is 0.203 e. The standard InChI is InChI=1S/C31H34NO5P/c1-32(22-23-16-18-25(34-2)19-17-23)31(24-20-28(35-3)30(37-5)29(21-24)36-4)38(33,26-12-8-6-9-13-26)27-14-10-7-11-15-27/h6-21,31H,22H2,1-5H3. The van der Waals surface area contributed by atoms with Crippen molar-refractivity contribution in [2.45, 2.75) is 12.3 Å². The number of rotatable bonds is 11. The number of hydrogen-bond acceptors (Lipinski definition) is 6. The lowest BCUT2D eigenvalue weighted by atomic mass is 10.1. The van der Waals surface area contributed by atoms with E-state index >= 15 is 4.57 Å². The van der Waals surface area contributed by atoms with Gasteiger partial charge in [0.1, 0.15) is 5.75 Å². The molecule has 0 heterocycles. The minimum absolute atomic E-state index is 0.490. The highest BCUT2D eigenvalue weighted by Crippen LogP contribution is 2.60. The van der Waals surface area contributed by atoms with Crippen LogP contribution in [0.3, 0.4) is 0 Å². The van der Waals surface area contributed by atoms with Gasteiger partial charge in [-0.2, -0.15) is 0 Å². The van der Waals surface area contributed by atoms with Crippen LogP contribution in [-0.4, -0.2) is 40.4 Å². The van der Waals surface area contributed by atoms with Crippen LogP contribution >= 0.6 is 7.14 Å². The Hall–Kier alpha value is -3.73. The van der Waals surface area contributed by atoms with Gasteiger partial charge in [0.25, 0.3) is 0 Å². The molecule has 6 nitrogen and oxygen atoms in total. The number of nitrogens with zero attached hydrogens (tertiary/aromatic N) is 1. The van der Waals surface area contributed by atoms with Crippen molar-refractivity contribution in [2.75, 3.05) is 35.5 Å². The molecule has 0 N–H and O–H groups in total. The Morgan fingerprint density at radius 3 is 1.61 bits per heavy atom. The first-order valence-corrected chi connectivity index (χ1v) is 14.1. The Balaban J connectivity index is 1.96. The molecule has 0 radical (unpaired) electrons. The molecular weight excluding hydrogens is 497 g/mol. The molecule has 0 saturated heterocycles. The van der Waals surface area contributed by atoms with Crippen LogP contribution in [0.1, 0.15) is 16.9 Å². The molecule has 0 spiro atoms. The van der Waals surface area contributed by atoms with E-state index in [-0.39, 0.29) is 0 Å². The van der Waals surface area contributed by atoms with Gasteiger partial charge in [-0.15, -0.1) is 0 Å². The lowest BCUT2D eigenvalue weighted by molar-refractivity contribution is 0.293. The van der Waals surface area contributed by atoms with Gasteiger partial charge in [0.05, 0.1) is 34.2 Å². The second-order valence-corrected chi connectivity index (χ2v) is 11.8. The van der Waals surface area contributed by atoms with Crippen molar-refractivity contribution in [3.05, 3.63) is 108 Å². The second-order valence-electron chi connectivity index (χ2n) is 8.92. The Labute approximate surface area is 225 Å². The molecule has 4 rings (SSSR count). The van der Waals surface area contributed by atoms with Crippen LogP contribution in [0, 0.1) is 0 Å². The molecule has 0 fully saturated rings. The van der Waals surface area contributed by atoms with Gasteiger partial charge in [0.2, 0.25) is 5.75 Å². The molecule has 38 heavy (non-hydrogen) atoms. The van der Waals surface area contributed by atoms with E-state index in [1.165, 1.54) is 0 Å². The SMILES string of the molecule is COc1ccc(CN(C)C(c2cc(OC)c(OC)c(OC)c2)P(=O)(c2ccccc2)c2ccccc2)cc1. The van der Waals surface area contributed by atoms with E-state index in [0.29, 0.717) is 23.8 Å². The largest absolute Gasteiger partial charge is 0.497 e. The van der Waals surface area contributed by atoms with Gasteiger partial charge in [0, 0.05) is 17.2 Å². The van der Waals surface area contributed by atoms with Gasteiger partial charge in [-0.25, -0.2) is 0 Å². The molecular formula is C31H34NO5P. The predicted octanol–water partition coefficient (Wildman–Crippen LogP) is 5.87. The summed E-state index contributed by atoms with van der Waals surface area (Å²) in [5.41, 5.74) is 1.87. The topological polar surface area (TPSA) is 57.2 Å². The van der Waals surface area contributed by atoms with Crippen LogP contribution < -0.4 is 29.6 Å². The monoisotopic (exact) mass is 531 g/mol. The van der Waals surface area contributed by atoms with Crippen molar-refractivity contribution in [3.8, 4) is 23.0 Å². The van der Waals surface area contributed by atoms with E-state index in [9.17, 15) is 0 Å². The number of benzene rings is 4. The third kappa shape index (κ3) is 5.42. The highest BCUT2D eigenvalue weighted by atomic mass is 31.2. The molecule has 0 aliphatic carbocycles. The molecule has 1 unspecified atom stereocenters. The van der Waals surface area contributed by atoms with E-state index in [4.69, 9.17) is 18.9 Å². The van der Waals surface area contributed by atoms with Crippen LogP contribution in [0.25, 0.3) is 0 Å². The first-order chi connectivity index (χ1) is 18.5. The van der Waals surface area contributed by atoms with Crippen LogP contribution in [-0.2, 0) is 11.1 Å². The maximum Gasteiger partial charge on any atom is 0.203 e. The maximum absolute atomic E-state index is 15.6. The minimum Gasteiger partial charge on any atom is -0.497 e. The number of ether oxygens (including phenoxy) is 4. The number of hydrogen-bond donors (Lipinski definition) is 0. The molecule has 0 saturated carbocycles. The third-order valence-electron chi connectivity index (χ3n) is 6.62. The first-order valence-electron chi connectivity index (χ1n) is 12.3. The summed E-state index contributed by atoms with van der Waals surface area (Å²) in [4.78, 5) is 2.13. The molecule has 4 aromatic rings. The summed E-state index contributed by atoms with van der Waals surface area (Å²) >= 11 is 0. The van der Waals surface area contributed by atoms with Crippen LogP contribution in [0.4, 0.5) is 0 Å². The molecule has 4 aromatic carbocycles. The minimum atomic E-state index is -3.30. The summed E-state index contributed by atoms with van der Waals surface area (Å²) in [7, 11) is 5.10. The normalized spacial score (nSPS) is 12.2. The second kappa shape index (κ2) is 12.2. The van der Waals surface area contributed by atoms with Gasteiger partial charge in [-0.05, 0) is 42.4 Å². The van der Waals surface area contributed by atoms with Crippen LogP contribution in [0.5, 0.6) is 23.0 Å². The van der Waals surface area contributed by atoms with Crippen LogP contribution in [0.15, 0.2) is 97.1 Å². The Morgan fingerprint density at radius 1 is 0.684 bits per heavy atom. The highest BCUT2D eigenvalue weighted by Gasteiger charge is 2.41. The third-order valence-corrected chi connectivity index (χ3v) is 10.1. The van der Waals surface area contributed by atoms with E-state index in [1.54, 1.807) is 28.4 Å². The fourth-order valence-electron chi connectivity index (χ4n) is 4.83. The molecule has 1 atom stereocenters. The zero-order chi connectivity index (χ0) is 27.1. The Bertz CT molecular complexity index is 1310. The summed E-state index contributed by atoms with van der Waals surface area (Å²) in [6.45, 7) is 0.551. The molecule has 0 amide bonds. The fourth-order valence-corrected chi connectivity index (χ4v) is 8.13. The Kier molecular flexibility index (Phi) is 8.77. The van der Waals surface area contributed by atoms with Crippen molar-refractivity contribution in [1.82, 2.24) is 4.90 Å². The summed E-state index contributed by atoms with van der Waals surface area (Å²) in [5, 5.41) is 1.54. The fraction of sp³-hybridized carbons (Fsp3) is 0.226. The van der Waals surface area contributed by atoms with Crippen molar-refractivity contribution in [2.24, 2.45) is 0 Å². The van der Waals surface area contributed by atoms with Crippen molar-refractivity contribution >= 4 is 17.8 Å². The van der Waals surface area contributed by atoms with Crippen LogP contribution in [0.2, 0.25) is 0 Å². The first kappa shape index (κ1) is 27.3. The number of methoxy groups -OCH3 is 4. The molecule has 0 aliphatic heterocycles. The molecule has 0 aliphatic rings. The van der Waals surface area contributed by atoms with E-state index in [2.05, 4.69) is 4.90 Å². The molecule has 7 heteroatoms. The zero-order valence-corrected chi connectivity index (χ0v) is 23.4. The van der Waals surface area contributed by atoms with Crippen molar-refractivity contribution in [1.29, 1.82) is 0 Å². The van der Waals surface area contributed by atoms with Gasteiger partial charge < -0.3 is 23.5 Å². The summed E-state index contributed by atoms with van der Waals surface area (Å²) in [6.07, 6.45) is 0. The average molecular weight is 532 g/mol. The summed E-state index contributed by atoms with van der Waals surface area (Å²) in [5.74, 6) is 1.76. The molecule has 0 bridgehead atoms. The van der Waals surface area contributed by atoms with E-state index in [0.717, 1.165) is 27.5 Å². The molecule has 198 valence electrons. The lowest BCUT2D eigenvalue weighted by Crippen LogP contribution is -2.32. The van der Waals surface area contributed by atoms with E-state index < -0.39 is 12.9 Å². The summed E-state index contributed by atoms with van der Waals surface area (Å²) in [6, 6.07) is 31.1. The van der Waals surface area contributed by atoms with Crippen molar-refractivity contribution < 1.29 is 23.5 Å².